The maximum atomic E-state index is 4.15. The fourth-order valence-corrected chi connectivity index (χ4v) is 1.94. The molecule has 0 fully saturated rings. The van der Waals surface area contributed by atoms with Gasteiger partial charge in [0, 0.05) is 24.5 Å². The summed E-state index contributed by atoms with van der Waals surface area (Å²) < 4.78 is 0. The topological polar surface area (TPSA) is 24.9 Å². The molecule has 1 unspecified atom stereocenters. The molecule has 0 aliphatic heterocycles. The van der Waals surface area contributed by atoms with Crippen molar-refractivity contribution in [3.05, 3.63) is 66.0 Å². The van der Waals surface area contributed by atoms with E-state index in [2.05, 4.69) is 54.5 Å². The normalized spacial score (nSPS) is 14.2. The molecule has 2 nitrogen and oxygen atoms in total. The van der Waals surface area contributed by atoms with Gasteiger partial charge in [0.15, 0.2) is 0 Å². The van der Waals surface area contributed by atoms with Gasteiger partial charge in [0.25, 0.3) is 0 Å². The maximum absolute atomic E-state index is 4.15. The number of nitrogens with one attached hydrogen (secondary N) is 1. The van der Waals surface area contributed by atoms with Crippen molar-refractivity contribution >= 4 is 0 Å². The summed E-state index contributed by atoms with van der Waals surface area (Å²) in [6, 6.07) is 15.2. The van der Waals surface area contributed by atoms with Gasteiger partial charge in [0.05, 0.1) is 0 Å². The maximum Gasteiger partial charge on any atom is 0.0315 e. The number of aromatic nitrogens is 1. The second kappa shape index (κ2) is 5.60. The molecule has 0 aliphatic rings. The lowest BCUT2D eigenvalue weighted by atomic mass is 10.1. The van der Waals surface area contributed by atoms with Gasteiger partial charge in [-0.05, 0) is 31.0 Å². The molecule has 1 aromatic heterocycles. The Balaban J connectivity index is 2.02. The Kier molecular flexibility index (Phi) is 3.89. The summed E-state index contributed by atoms with van der Waals surface area (Å²) in [7, 11) is 0. The molecule has 0 saturated heterocycles. The zero-order valence-electron chi connectivity index (χ0n) is 10.3. The van der Waals surface area contributed by atoms with E-state index < -0.39 is 0 Å². The minimum Gasteiger partial charge on any atom is -0.304 e. The third-order valence-corrected chi connectivity index (χ3v) is 2.98. The smallest absolute Gasteiger partial charge is 0.0315 e. The highest BCUT2D eigenvalue weighted by Crippen LogP contribution is 2.18. The Bertz CT molecular complexity index is 395. The average molecular weight is 226 g/mol. The summed E-state index contributed by atoms with van der Waals surface area (Å²) in [4.78, 5) is 4.15. The van der Waals surface area contributed by atoms with Crippen LogP contribution < -0.4 is 5.32 Å². The molecular weight excluding hydrogens is 208 g/mol. The third kappa shape index (κ3) is 3.14. The Morgan fingerprint density at radius 3 is 2.18 bits per heavy atom. The number of rotatable bonds is 4. The summed E-state index contributed by atoms with van der Waals surface area (Å²) in [5.74, 6) is 0. The van der Waals surface area contributed by atoms with E-state index in [4.69, 9.17) is 0 Å². The molecule has 0 aliphatic carbocycles. The summed E-state index contributed by atoms with van der Waals surface area (Å²) in [6.45, 7) is 4.35. The van der Waals surface area contributed by atoms with Crippen molar-refractivity contribution in [3.63, 3.8) is 0 Å². The molecular formula is C15H18N2. The Hall–Kier alpha value is -1.67. The molecule has 88 valence electrons. The molecule has 1 N–H and O–H groups in total. The lowest BCUT2D eigenvalue weighted by molar-refractivity contribution is 0.494. The van der Waals surface area contributed by atoms with Gasteiger partial charge in [-0.2, -0.15) is 0 Å². The first kappa shape index (κ1) is 11.8. The number of pyridine rings is 1. The fraction of sp³-hybridized carbons (Fsp3) is 0.267. The van der Waals surface area contributed by atoms with Crippen LogP contribution in [0.4, 0.5) is 0 Å². The fourth-order valence-electron chi connectivity index (χ4n) is 1.94. The van der Waals surface area contributed by atoms with Crippen molar-refractivity contribution in [2.45, 2.75) is 25.9 Å². The lowest BCUT2D eigenvalue weighted by Gasteiger charge is -2.20. The molecule has 2 atom stereocenters. The van der Waals surface area contributed by atoms with Gasteiger partial charge in [-0.3, -0.25) is 4.98 Å². The number of hydrogen-bond donors (Lipinski definition) is 1. The third-order valence-electron chi connectivity index (χ3n) is 2.98. The highest BCUT2D eigenvalue weighted by Gasteiger charge is 2.10. The van der Waals surface area contributed by atoms with Crippen LogP contribution in [0.1, 0.15) is 37.1 Å². The SMILES string of the molecule is CC(N[C@H](C)c1cccnc1)c1ccccc1. The predicted octanol–water partition coefficient (Wildman–Crippen LogP) is 3.49. The van der Waals surface area contributed by atoms with Gasteiger partial charge in [0.1, 0.15) is 0 Å². The quantitative estimate of drug-likeness (QED) is 0.863. The van der Waals surface area contributed by atoms with Crippen molar-refractivity contribution in [2.75, 3.05) is 0 Å². The molecule has 2 rings (SSSR count). The standard InChI is InChI=1S/C15H18N2/c1-12(14-7-4-3-5-8-14)17-13(2)15-9-6-10-16-11-15/h3-13,17H,1-2H3/t12?,13-/m1/s1. The molecule has 1 heterocycles. The first-order valence-corrected chi connectivity index (χ1v) is 5.98. The van der Waals surface area contributed by atoms with Crippen molar-refractivity contribution < 1.29 is 0 Å². The van der Waals surface area contributed by atoms with E-state index in [0.29, 0.717) is 12.1 Å². The van der Waals surface area contributed by atoms with Crippen LogP contribution in [-0.4, -0.2) is 4.98 Å². The van der Waals surface area contributed by atoms with E-state index in [9.17, 15) is 0 Å². The molecule has 1 aromatic carbocycles. The van der Waals surface area contributed by atoms with Crippen molar-refractivity contribution in [1.82, 2.24) is 10.3 Å². The van der Waals surface area contributed by atoms with Crippen LogP contribution in [0.2, 0.25) is 0 Å². The van der Waals surface area contributed by atoms with Crippen LogP contribution in [0.25, 0.3) is 0 Å². The number of hydrogen-bond acceptors (Lipinski definition) is 2. The van der Waals surface area contributed by atoms with Gasteiger partial charge >= 0.3 is 0 Å². The minimum atomic E-state index is 0.305. The molecule has 2 aromatic rings. The molecule has 2 heteroatoms. The lowest BCUT2D eigenvalue weighted by Crippen LogP contribution is -2.22. The van der Waals surface area contributed by atoms with Crippen LogP contribution in [-0.2, 0) is 0 Å². The Morgan fingerprint density at radius 1 is 0.882 bits per heavy atom. The zero-order valence-corrected chi connectivity index (χ0v) is 10.3. The summed E-state index contributed by atoms with van der Waals surface area (Å²) in [6.07, 6.45) is 3.71. The molecule has 0 bridgehead atoms. The molecule has 0 saturated carbocycles. The second-order valence-corrected chi connectivity index (χ2v) is 4.31. The van der Waals surface area contributed by atoms with E-state index in [1.807, 2.05) is 18.3 Å². The van der Waals surface area contributed by atoms with Crippen LogP contribution in [0.5, 0.6) is 0 Å². The predicted molar refractivity (Wildman–Crippen MR) is 70.6 cm³/mol. The number of benzene rings is 1. The van der Waals surface area contributed by atoms with Crippen molar-refractivity contribution in [3.8, 4) is 0 Å². The van der Waals surface area contributed by atoms with E-state index in [1.165, 1.54) is 11.1 Å². The average Bonchev–Trinajstić information content (AvgIpc) is 2.40. The van der Waals surface area contributed by atoms with Crippen molar-refractivity contribution in [1.29, 1.82) is 0 Å². The van der Waals surface area contributed by atoms with E-state index in [-0.39, 0.29) is 0 Å². The summed E-state index contributed by atoms with van der Waals surface area (Å²) in [5, 5.41) is 3.57. The summed E-state index contributed by atoms with van der Waals surface area (Å²) in [5.41, 5.74) is 2.53. The molecule has 17 heavy (non-hydrogen) atoms. The molecule has 0 amide bonds. The van der Waals surface area contributed by atoms with Gasteiger partial charge in [0.2, 0.25) is 0 Å². The van der Waals surface area contributed by atoms with Gasteiger partial charge in [-0.1, -0.05) is 36.4 Å². The highest BCUT2D eigenvalue weighted by molar-refractivity contribution is 5.19. The Labute approximate surface area is 103 Å². The van der Waals surface area contributed by atoms with E-state index >= 15 is 0 Å². The van der Waals surface area contributed by atoms with Gasteiger partial charge in [-0.25, -0.2) is 0 Å². The first-order valence-electron chi connectivity index (χ1n) is 5.98. The van der Waals surface area contributed by atoms with Gasteiger partial charge < -0.3 is 5.32 Å². The minimum absolute atomic E-state index is 0.305. The monoisotopic (exact) mass is 226 g/mol. The van der Waals surface area contributed by atoms with Crippen LogP contribution in [0, 0.1) is 0 Å². The first-order chi connectivity index (χ1) is 8.27. The summed E-state index contributed by atoms with van der Waals surface area (Å²) >= 11 is 0. The van der Waals surface area contributed by atoms with Crippen LogP contribution in [0.15, 0.2) is 54.9 Å². The van der Waals surface area contributed by atoms with Crippen molar-refractivity contribution in [2.24, 2.45) is 0 Å². The van der Waals surface area contributed by atoms with E-state index in [0.717, 1.165) is 0 Å². The second-order valence-electron chi connectivity index (χ2n) is 4.31. The van der Waals surface area contributed by atoms with Gasteiger partial charge in [-0.15, -0.1) is 0 Å². The van der Waals surface area contributed by atoms with Crippen LogP contribution >= 0.6 is 0 Å². The number of nitrogens with zero attached hydrogens (tertiary/aromatic N) is 1. The van der Waals surface area contributed by atoms with Crippen LogP contribution in [0.3, 0.4) is 0 Å². The molecule has 0 radical (unpaired) electrons. The molecule has 0 spiro atoms. The van der Waals surface area contributed by atoms with E-state index in [1.54, 1.807) is 6.20 Å². The highest BCUT2D eigenvalue weighted by atomic mass is 14.9. The largest absolute Gasteiger partial charge is 0.304 e. The zero-order chi connectivity index (χ0) is 12.1. The Morgan fingerprint density at radius 2 is 1.53 bits per heavy atom.